The van der Waals surface area contributed by atoms with E-state index < -0.39 is 0 Å². The van der Waals surface area contributed by atoms with Gasteiger partial charge in [-0.05, 0) is 18.2 Å². The Hall–Kier alpha value is -1.65. The van der Waals surface area contributed by atoms with Crippen molar-refractivity contribution in [3.63, 3.8) is 0 Å². The van der Waals surface area contributed by atoms with E-state index in [1.54, 1.807) is 11.8 Å². The summed E-state index contributed by atoms with van der Waals surface area (Å²) in [5.74, 6) is 1.08. The van der Waals surface area contributed by atoms with Crippen molar-refractivity contribution in [1.82, 2.24) is 0 Å². The topological polar surface area (TPSA) is 24.1 Å². The van der Waals surface area contributed by atoms with Gasteiger partial charge >= 0.3 is 0 Å². The third kappa shape index (κ3) is 3.93. The Morgan fingerprint density at radius 1 is 1.14 bits per heavy atom. The van der Waals surface area contributed by atoms with E-state index in [2.05, 4.69) is 0 Å². The molecule has 1 aromatic heterocycles. The van der Waals surface area contributed by atoms with Gasteiger partial charge in [-0.3, -0.25) is 0 Å². The highest BCUT2D eigenvalue weighted by atomic mass is 32.2. The van der Waals surface area contributed by atoms with Crippen molar-refractivity contribution in [2.24, 2.45) is 0 Å². The van der Waals surface area contributed by atoms with E-state index in [4.69, 9.17) is 12.2 Å². The second kappa shape index (κ2) is 7.38. The molecule has 0 fully saturated rings. The van der Waals surface area contributed by atoms with E-state index in [0.717, 1.165) is 11.3 Å². The van der Waals surface area contributed by atoms with Crippen LogP contribution >= 0.6 is 24.0 Å². The first-order valence-corrected chi connectivity index (χ1v) is 8.17. The van der Waals surface area contributed by atoms with E-state index in [1.165, 1.54) is 5.56 Å². The predicted molar refractivity (Wildman–Crippen MR) is 94.3 cm³/mol. The second-order valence-corrected chi connectivity index (χ2v) is 6.51. The molecule has 0 saturated heterocycles. The first-order valence-electron chi connectivity index (χ1n) is 6.77. The molecule has 0 aliphatic heterocycles. The van der Waals surface area contributed by atoms with Crippen LogP contribution in [0.5, 0.6) is 0 Å². The molecular weight excluding hydrogens is 298 g/mol. The maximum atomic E-state index is 10.7. The first-order chi connectivity index (χ1) is 10.1. The molecule has 0 radical (unpaired) electrons. The van der Waals surface area contributed by atoms with Crippen LogP contribution in [-0.4, -0.2) is 15.1 Å². The zero-order valence-corrected chi connectivity index (χ0v) is 13.7. The minimum Gasteiger partial charge on any atom is -0.502 e. The lowest BCUT2D eigenvalue weighted by Crippen LogP contribution is -2.35. The number of hydrogen-bond acceptors (Lipinski definition) is 3. The van der Waals surface area contributed by atoms with Crippen LogP contribution in [0, 0.1) is 6.92 Å². The number of thiocarbonyl (C=S) groups is 1. The van der Waals surface area contributed by atoms with Gasteiger partial charge < -0.3 is 5.11 Å². The highest BCUT2D eigenvalue weighted by Gasteiger charge is 2.23. The van der Waals surface area contributed by atoms with Crippen molar-refractivity contribution in [1.29, 1.82) is 0 Å². The summed E-state index contributed by atoms with van der Waals surface area (Å²) >= 11 is 7.04. The van der Waals surface area contributed by atoms with Crippen molar-refractivity contribution in [2.45, 2.75) is 13.8 Å². The highest BCUT2D eigenvalue weighted by Crippen LogP contribution is 2.22. The van der Waals surface area contributed by atoms with Crippen molar-refractivity contribution >= 4 is 39.6 Å². The summed E-state index contributed by atoms with van der Waals surface area (Å²) in [6.07, 6.45) is 3.85. The number of nitrogens with zero attached hydrogens (tertiary/aromatic N) is 1. The van der Waals surface area contributed by atoms with E-state index in [-0.39, 0.29) is 5.76 Å². The third-order valence-corrected chi connectivity index (χ3v) is 4.29. The highest BCUT2D eigenvalue weighted by molar-refractivity contribution is 8.24. The lowest BCUT2D eigenvalue weighted by atomic mass is 10.1. The molecule has 0 aliphatic rings. The summed E-state index contributed by atoms with van der Waals surface area (Å²) in [6.45, 7) is 4.08. The molecule has 1 N–H and O–H groups in total. The van der Waals surface area contributed by atoms with Crippen LogP contribution in [0.2, 0.25) is 0 Å². The second-order valence-electron chi connectivity index (χ2n) is 4.57. The van der Waals surface area contributed by atoms with Crippen LogP contribution in [0.1, 0.15) is 18.1 Å². The molecule has 0 amide bonds. The number of aryl methyl sites for hydroxylation is 1. The number of hydrogen-bond donors (Lipinski definition) is 1. The molecule has 2 aromatic rings. The molecule has 0 unspecified atom stereocenters. The van der Waals surface area contributed by atoms with Gasteiger partial charge in [-0.1, -0.05) is 49.5 Å². The molecule has 2 rings (SSSR count). The summed E-state index contributed by atoms with van der Waals surface area (Å²) < 4.78 is 2.56. The predicted octanol–water partition coefficient (Wildman–Crippen LogP) is 4.25. The normalized spacial score (nSPS) is 11.9. The zero-order chi connectivity index (χ0) is 15.2. The van der Waals surface area contributed by atoms with Crippen molar-refractivity contribution in [3.8, 4) is 0 Å². The summed E-state index contributed by atoms with van der Waals surface area (Å²) in [6, 6.07) is 13.5. The fourth-order valence-electron chi connectivity index (χ4n) is 1.91. The Labute approximate surface area is 135 Å². The molecule has 0 spiro atoms. The van der Waals surface area contributed by atoms with Gasteiger partial charge in [0.1, 0.15) is 4.20 Å². The quantitative estimate of drug-likeness (QED) is 0.395. The Bertz CT molecular complexity index is 648. The smallest absolute Gasteiger partial charge is 0.278 e. The molecule has 2 nitrogen and oxygen atoms in total. The van der Waals surface area contributed by atoms with Crippen molar-refractivity contribution in [3.05, 3.63) is 66.0 Å². The number of benzene rings is 1. The van der Waals surface area contributed by atoms with Crippen LogP contribution in [0.4, 0.5) is 0 Å². The maximum absolute atomic E-state index is 10.7. The third-order valence-electron chi connectivity index (χ3n) is 2.99. The van der Waals surface area contributed by atoms with Crippen LogP contribution in [0.15, 0.2) is 54.9 Å². The number of aliphatic hydroxyl groups excluding tert-OH is 1. The lowest BCUT2D eigenvalue weighted by Gasteiger charge is -2.07. The van der Waals surface area contributed by atoms with E-state index in [0.29, 0.717) is 9.89 Å². The number of pyridine rings is 1. The van der Waals surface area contributed by atoms with E-state index in [9.17, 15) is 5.11 Å². The van der Waals surface area contributed by atoms with Crippen LogP contribution < -0.4 is 4.57 Å². The average Bonchev–Trinajstić information content (AvgIpc) is 2.50. The van der Waals surface area contributed by atoms with Gasteiger partial charge in [0.2, 0.25) is 0 Å². The fourth-order valence-corrected chi connectivity index (χ4v) is 3.06. The Balaban J connectivity index is 2.55. The van der Waals surface area contributed by atoms with Gasteiger partial charge in [0.15, 0.2) is 18.2 Å². The monoisotopic (exact) mass is 316 g/mol. The Kier molecular flexibility index (Phi) is 5.53. The first kappa shape index (κ1) is 15.7. The number of aromatic nitrogens is 1. The lowest BCUT2D eigenvalue weighted by molar-refractivity contribution is -0.575. The molecule has 0 bridgehead atoms. The summed E-state index contributed by atoms with van der Waals surface area (Å²) in [5, 5.41) is 10.7. The number of rotatable bonds is 4. The van der Waals surface area contributed by atoms with E-state index >= 15 is 0 Å². The van der Waals surface area contributed by atoms with Gasteiger partial charge in [0.05, 0.1) is 0 Å². The molecule has 108 valence electrons. The van der Waals surface area contributed by atoms with Gasteiger partial charge in [-0.15, -0.1) is 11.8 Å². The molecular formula is C17H18NOS2+. The van der Waals surface area contributed by atoms with Gasteiger partial charge in [-0.2, -0.15) is 4.57 Å². The SMILES string of the molecule is CCSC(=S)/C(=C(\O)c1ccccc1)[n+]1ccc(C)cc1. The summed E-state index contributed by atoms with van der Waals surface area (Å²) in [4.78, 5) is 0. The standard InChI is InChI=1S/C17H17NOS2/c1-3-21-17(20)15(18-11-9-13(2)10-12-18)16(19)14-7-5-4-6-8-14/h4-12H,3H2,1-2H3/p+1. The van der Waals surface area contributed by atoms with Crippen molar-refractivity contribution < 1.29 is 9.67 Å². The number of aliphatic hydroxyl groups is 1. The van der Waals surface area contributed by atoms with Crippen LogP contribution in [0.3, 0.4) is 0 Å². The van der Waals surface area contributed by atoms with Crippen LogP contribution in [-0.2, 0) is 0 Å². The van der Waals surface area contributed by atoms with Gasteiger partial charge in [-0.25, -0.2) is 0 Å². The average molecular weight is 316 g/mol. The minimum absolute atomic E-state index is 0.204. The summed E-state index contributed by atoms with van der Waals surface area (Å²) in [7, 11) is 0. The molecule has 1 aromatic carbocycles. The largest absolute Gasteiger partial charge is 0.502 e. The minimum atomic E-state index is 0.204. The molecule has 21 heavy (non-hydrogen) atoms. The molecule has 1 heterocycles. The summed E-state index contributed by atoms with van der Waals surface area (Å²) in [5.41, 5.74) is 2.58. The molecule has 0 saturated carbocycles. The maximum Gasteiger partial charge on any atom is 0.278 e. The van der Waals surface area contributed by atoms with Crippen LogP contribution in [0.25, 0.3) is 11.5 Å². The van der Waals surface area contributed by atoms with E-state index in [1.807, 2.05) is 73.3 Å². The Morgan fingerprint density at radius 2 is 1.76 bits per heavy atom. The van der Waals surface area contributed by atoms with Gasteiger partial charge in [0.25, 0.3) is 5.70 Å². The fraction of sp³-hybridized carbons (Fsp3) is 0.176. The van der Waals surface area contributed by atoms with Crippen molar-refractivity contribution in [2.75, 3.05) is 5.75 Å². The number of thioether (sulfide) groups is 1. The Morgan fingerprint density at radius 3 is 2.33 bits per heavy atom. The molecule has 0 aliphatic carbocycles. The van der Waals surface area contributed by atoms with Gasteiger partial charge in [0, 0.05) is 17.7 Å². The molecule has 4 heteroatoms. The zero-order valence-electron chi connectivity index (χ0n) is 12.1. The molecule has 0 atom stereocenters.